The van der Waals surface area contributed by atoms with Gasteiger partial charge in [-0.2, -0.15) is 5.26 Å². The molecule has 106 valence electrons. The van der Waals surface area contributed by atoms with Gasteiger partial charge >= 0.3 is 0 Å². The van der Waals surface area contributed by atoms with Crippen molar-refractivity contribution >= 4 is 24.2 Å². The minimum Gasteiger partial charge on any atom is -0.415 e. The second-order valence-electron chi connectivity index (χ2n) is 6.34. The van der Waals surface area contributed by atoms with Crippen molar-refractivity contribution in [3.05, 3.63) is 21.9 Å². The van der Waals surface area contributed by atoms with Crippen LogP contribution in [0.4, 0.5) is 0 Å². The molecular formula is C14H23BrN2OSi. The highest BCUT2D eigenvalue weighted by molar-refractivity contribution is 9.10. The first-order valence-corrected chi connectivity index (χ1v) is 10.2. The van der Waals surface area contributed by atoms with E-state index in [-0.39, 0.29) is 5.04 Å². The molecule has 0 spiro atoms. The second kappa shape index (κ2) is 5.82. The van der Waals surface area contributed by atoms with E-state index in [9.17, 15) is 0 Å². The molecule has 0 aromatic carbocycles. The van der Waals surface area contributed by atoms with E-state index in [2.05, 4.69) is 55.9 Å². The first-order chi connectivity index (χ1) is 8.60. The predicted octanol–water partition coefficient (Wildman–Crippen LogP) is 4.45. The Morgan fingerprint density at radius 2 is 2.00 bits per heavy atom. The molecular weight excluding hydrogens is 320 g/mol. The van der Waals surface area contributed by atoms with E-state index >= 15 is 0 Å². The van der Waals surface area contributed by atoms with E-state index in [0.717, 1.165) is 16.7 Å². The first-order valence-electron chi connectivity index (χ1n) is 6.50. The van der Waals surface area contributed by atoms with Crippen LogP contribution in [0.25, 0.3) is 0 Å². The van der Waals surface area contributed by atoms with E-state index in [4.69, 9.17) is 9.69 Å². The molecule has 0 fully saturated rings. The highest BCUT2D eigenvalue weighted by Crippen LogP contribution is 2.36. The quantitative estimate of drug-likeness (QED) is 0.758. The van der Waals surface area contributed by atoms with Gasteiger partial charge in [-0.05, 0) is 47.1 Å². The predicted molar refractivity (Wildman–Crippen MR) is 84.7 cm³/mol. The fourth-order valence-corrected chi connectivity index (χ4v) is 3.07. The van der Waals surface area contributed by atoms with Gasteiger partial charge < -0.3 is 8.99 Å². The summed E-state index contributed by atoms with van der Waals surface area (Å²) in [6.07, 6.45) is 0. The van der Waals surface area contributed by atoms with Crippen LogP contribution in [0.2, 0.25) is 18.1 Å². The molecule has 0 N–H and O–H groups in total. The van der Waals surface area contributed by atoms with Crippen LogP contribution in [-0.4, -0.2) is 19.5 Å². The summed E-state index contributed by atoms with van der Waals surface area (Å²) in [6.45, 7) is 14.6. The number of hydrogen-bond acceptors (Lipinski definition) is 2. The summed E-state index contributed by atoms with van der Waals surface area (Å²) >= 11 is 3.47. The highest BCUT2D eigenvalue weighted by Gasteiger charge is 2.36. The van der Waals surface area contributed by atoms with Gasteiger partial charge in [0.2, 0.25) is 0 Å². The molecule has 0 radical (unpaired) electrons. The van der Waals surface area contributed by atoms with Crippen molar-refractivity contribution in [2.75, 3.05) is 6.61 Å². The molecule has 1 aromatic heterocycles. The van der Waals surface area contributed by atoms with Crippen molar-refractivity contribution in [2.45, 2.75) is 52.4 Å². The Hall–Kier alpha value is -0.573. The van der Waals surface area contributed by atoms with E-state index < -0.39 is 8.32 Å². The molecule has 0 aliphatic carbocycles. The third kappa shape index (κ3) is 3.71. The Morgan fingerprint density at radius 1 is 1.42 bits per heavy atom. The van der Waals surface area contributed by atoms with Crippen LogP contribution >= 0.6 is 15.9 Å². The molecule has 0 atom stereocenters. The summed E-state index contributed by atoms with van der Waals surface area (Å²) in [6, 6.07) is 4.09. The second-order valence-corrected chi connectivity index (χ2v) is 12.0. The van der Waals surface area contributed by atoms with Crippen LogP contribution < -0.4 is 0 Å². The Kier molecular flexibility index (Phi) is 5.05. The van der Waals surface area contributed by atoms with Crippen LogP contribution in [-0.2, 0) is 11.0 Å². The standard InChI is InChI=1S/C14H23BrN2OSi/c1-11-13(15)9-12(10-16)17(11)7-8-18-19(5,6)14(2,3)4/h9H,7-8H2,1-6H3. The van der Waals surface area contributed by atoms with Gasteiger partial charge in [0.1, 0.15) is 11.8 Å². The van der Waals surface area contributed by atoms with E-state index in [1.54, 1.807) is 0 Å². The van der Waals surface area contributed by atoms with Crippen LogP contribution in [0.15, 0.2) is 10.5 Å². The lowest BCUT2D eigenvalue weighted by Crippen LogP contribution is -2.41. The third-order valence-corrected chi connectivity index (χ3v) is 9.34. The fourth-order valence-electron chi connectivity index (χ4n) is 1.60. The maximum absolute atomic E-state index is 9.12. The zero-order valence-electron chi connectivity index (χ0n) is 12.7. The Labute approximate surface area is 125 Å². The Morgan fingerprint density at radius 3 is 2.47 bits per heavy atom. The first kappa shape index (κ1) is 16.5. The van der Waals surface area contributed by atoms with E-state index in [1.807, 2.05) is 17.6 Å². The molecule has 1 heterocycles. The van der Waals surface area contributed by atoms with Gasteiger partial charge in [-0.25, -0.2) is 0 Å². The van der Waals surface area contributed by atoms with Crippen molar-refractivity contribution in [3.63, 3.8) is 0 Å². The lowest BCUT2D eigenvalue weighted by Gasteiger charge is -2.36. The van der Waals surface area contributed by atoms with Crippen LogP contribution in [0, 0.1) is 18.3 Å². The van der Waals surface area contributed by atoms with E-state index in [1.165, 1.54) is 0 Å². The number of nitriles is 1. The van der Waals surface area contributed by atoms with Gasteiger partial charge in [0, 0.05) is 16.7 Å². The summed E-state index contributed by atoms with van der Waals surface area (Å²) in [5.74, 6) is 0. The van der Waals surface area contributed by atoms with E-state index in [0.29, 0.717) is 12.3 Å². The topological polar surface area (TPSA) is 38.0 Å². The molecule has 5 heteroatoms. The smallest absolute Gasteiger partial charge is 0.192 e. The largest absolute Gasteiger partial charge is 0.415 e. The van der Waals surface area contributed by atoms with Crippen molar-refractivity contribution in [3.8, 4) is 6.07 Å². The summed E-state index contributed by atoms with van der Waals surface area (Å²) in [5.41, 5.74) is 1.76. The van der Waals surface area contributed by atoms with Crippen molar-refractivity contribution in [1.29, 1.82) is 5.26 Å². The molecule has 0 bridgehead atoms. The highest BCUT2D eigenvalue weighted by atomic mass is 79.9. The zero-order valence-corrected chi connectivity index (χ0v) is 15.3. The molecule has 0 aliphatic heterocycles. The van der Waals surface area contributed by atoms with Gasteiger partial charge in [0.25, 0.3) is 0 Å². The van der Waals surface area contributed by atoms with Gasteiger partial charge in [0.05, 0.1) is 6.61 Å². The molecule has 1 aromatic rings. The van der Waals surface area contributed by atoms with Crippen molar-refractivity contribution in [2.24, 2.45) is 0 Å². The van der Waals surface area contributed by atoms with Crippen LogP contribution in [0.5, 0.6) is 0 Å². The molecule has 0 aliphatic rings. The van der Waals surface area contributed by atoms with Crippen LogP contribution in [0.3, 0.4) is 0 Å². The van der Waals surface area contributed by atoms with Crippen molar-refractivity contribution < 1.29 is 4.43 Å². The number of rotatable bonds is 4. The normalized spacial score (nSPS) is 12.5. The minimum atomic E-state index is -1.70. The maximum Gasteiger partial charge on any atom is 0.192 e. The summed E-state index contributed by atoms with van der Waals surface area (Å²) in [5, 5.41) is 9.34. The molecule has 0 unspecified atom stereocenters. The van der Waals surface area contributed by atoms with Gasteiger partial charge in [-0.1, -0.05) is 20.8 Å². The molecule has 1 rings (SSSR count). The van der Waals surface area contributed by atoms with Gasteiger partial charge in [-0.3, -0.25) is 0 Å². The average Bonchev–Trinajstić information content (AvgIpc) is 2.55. The SMILES string of the molecule is Cc1c(Br)cc(C#N)n1CCO[Si](C)(C)C(C)(C)C. The van der Waals surface area contributed by atoms with Crippen LogP contribution in [0.1, 0.15) is 32.2 Å². The Bertz CT molecular complexity index is 495. The monoisotopic (exact) mass is 342 g/mol. The van der Waals surface area contributed by atoms with Gasteiger partial charge in [-0.15, -0.1) is 0 Å². The van der Waals surface area contributed by atoms with Crippen molar-refractivity contribution in [1.82, 2.24) is 4.57 Å². The van der Waals surface area contributed by atoms with Gasteiger partial charge in [0.15, 0.2) is 8.32 Å². The molecule has 0 saturated heterocycles. The minimum absolute atomic E-state index is 0.220. The number of hydrogen-bond donors (Lipinski definition) is 0. The molecule has 0 saturated carbocycles. The lowest BCUT2D eigenvalue weighted by molar-refractivity contribution is 0.270. The molecule has 19 heavy (non-hydrogen) atoms. The summed E-state index contributed by atoms with van der Waals surface area (Å²) in [4.78, 5) is 0. The third-order valence-electron chi connectivity index (χ3n) is 4.00. The lowest BCUT2D eigenvalue weighted by atomic mass is 10.2. The number of halogens is 1. The molecule has 0 amide bonds. The fraction of sp³-hybridized carbons (Fsp3) is 0.643. The number of aromatic nitrogens is 1. The summed E-state index contributed by atoms with van der Waals surface area (Å²) in [7, 11) is -1.70. The zero-order chi connectivity index (χ0) is 14.8. The molecule has 3 nitrogen and oxygen atoms in total. The number of nitrogens with zero attached hydrogens (tertiary/aromatic N) is 2. The Balaban J connectivity index is 2.72. The maximum atomic E-state index is 9.12. The summed E-state index contributed by atoms with van der Waals surface area (Å²) < 4.78 is 9.15. The average molecular weight is 343 g/mol.